The molecular weight excluding hydrogens is 175 g/mol. The molecule has 56 valence electrons. The minimum atomic E-state index is 0. The van der Waals surface area contributed by atoms with Crippen molar-refractivity contribution in [2.24, 2.45) is 0 Å². The van der Waals surface area contributed by atoms with Gasteiger partial charge in [0.15, 0.2) is 0 Å². The van der Waals surface area contributed by atoms with Crippen LogP contribution in [0.15, 0.2) is 0 Å². The summed E-state index contributed by atoms with van der Waals surface area (Å²) in [5.41, 5.74) is 0. The summed E-state index contributed by atoms with van der Waals surface area (Å²) in [7, 11) is 0. The predicted octanol–water partition coefficient (Wildman–Crippen LogP) is -1.46. The number of thiocarbonyl (C=S) groups is 1. The summed E-state index contributed by atoms with van der Waals surface area (Å²) >= 11 is 9.51. The fourth-order valence-electron chi connectivity index (χ4n) is 0.482. The maximum Gasteiger partial charge on any atom is 1.00 e. The third-order valence-corrected chi connectivity index (χ3v) is 1.54. The largest absolute Gasteiger partial charge is 1.00 e. The number of hydrogen-bond donors (Lipinski definition) is 1. The molecule has 5 heteroatoms. The molecule has 0 saturated carbocycles. The average Bonchev–Trinajstić information content (AvgIpc) is 1.69. The van der Waals surface area contributed by atoms with E-state index in [1.807, 2.05) is 18.7 Å². The van der Waals surface area contributed by atoms with Crippen molar-refractivity contribution in [3.63, 3.8) is 0 Å². The molecule has 0 bridgehead atoms. The predicted molar refractivity (Wildman–Crippen MR) is 48.9 cm³/mol. The first kappa shape index (κ1) is 17.2. The maximum absolute atomic E-state index is 4.76. The van der Waals surface area contributed by atoms with Crippen LogP contribution in [0, 0.1) is 0 Å². The van der Waals surface area contributed by atoms with Crippen LogP contribution in [0.5, 0.6) is 0 Å². The van der Waals surface area contributed by atoms with Crippen LogP contribution in [0.1, 0.15) is 13.8 Å². The van der Waals surface area contributed by atoms with Crippen LogP contribution in [0.25, 0.3) is 0 Å². The topological polar surface area (TPSA) is 39.7 Å². The monoisotopic (exact) mass is 189 g/mol. The Kier molecular flexibility index (Phi) is 17.4. The zero-order valence-corrected chi connectivity index (χ0v) is 10.8. The van der Waals surface area contributed by atoms with E-state index in [1.54, 1.807) is 0 Å². The van der Waals surface area contributed by atoms with Crippen molar-refractivity contribution in [3.8, 4) is 0 Å². The quantitative estimate of drug-likeness (QED) is 0.328. The van der Waals surface area contributed by atoms with Gasteiger partial charge in [0, 0.05) is 13.1 Å². The first-order valence-corrected chi connectivity index (χ1v) is 3.50. The van der Waals surface area contributed by atoms with Gasteiger partial charge in [0.05, 0.1) is 0 Å². The van der Waals surface area contributed by atoms with E-state index >= 15 is 0 Å². The van der Waals surface area contributed by atoms with Gasteiger partial charge < -0.3 is 35.9 Å². The van der Waals surface area contributed by atoms with Gasteiger partial charge in [-0.25, -0.2) is 0 Å². The van der Waals surface area contributed by atoms with E-state index in [-0.39, 0.29) is 35.7 Å². The zero-order chi connectivity index (χ0) is 6.57. The molecule has 0 amide bonds. The molecule has 0 spiro atoms. The van der Waals surface area contributed by atoms with Crippen molar-refractivity contribution in [3.05, 3.63) is 0 Å². The Hall–Kier alpha value is 1.07. The molecule has 0 heterocycles. The summed E-state index contributed by atoms with van der Waals surface area (Å²) in [6, 6.07) is 0. The molecule has 0 radical (unpaired) electrons. The van der Waals surface area contributed by atoms with Crippen molar-refractivity contribution in [2.75, 3.05) is 13.1 Å². The zero-order valence-electron chi connectivity index (χ0n) is 7.18. The first-order chi connectivity index (χ1) is 3.72. The second-order valence-corrected chi connectivity index (χ2v) is 2.47. The smallest absolute Gasteiger partial charge is 0.411 e. The Morgan fingerprint density at radius 1 is 1.40 bits per heavy atom. The molecule has 0 fully saturated rings. The third kappa shape index (κ3) is 7.18. The number of hydrogen-bond acceptors (Lipinski definition) is 2. The van der Waals surface area contributed by atoms with Gasteiger partial charge in [0.25, 0.3) is 0 Å². The first-order valence-electron chi connectivity index (χ1n) is 2.68. The van der Waals surface area contributed by atoms with E-state index in [1.165, 1.54) is 0 Å². The van der Waals surface area contributed by atoms with E-state index in [9.17, 15) is 0 Å². The summed E-state index contributed by atoms with van der Waals surface area (Å²) in [6.45, 7) is 5.95. The van der Waals surface area contributed by atoms with E-state index in [2.05, 4.69) is 0 Å². The van der Waals surface area contributed by atoms with Crippen molar-refractivity contribution in [1.29, 1.82) is 0 Å². The van der Waals surface area contributed by atoms with E-state index < -0.39 is 0 Å². The van der Waals surface area contributed by atoms with Gasteiger partial charge in [0.1, 0.15) is 0 Å². The van der Waals surface area contributed by atoms with Gasteiger partial charge in [-0.2, -0.15) is 0 Å². The van der Waals surface area contributed by atoms with Crippen LogP contribution in [-0.4, -0.2) is 22.3 Å². The van der Waals surface area contributed by atoms with Gasteiger partial charge in [-0.05, 0) is 13.8 Å². The van der Waals surface area contributed by atoms with Crippen molar-refractivity contribution >= 4 is 29.2 Å². The molecule has 0 rings (SSSR count). The Balaban J connectivity index is -0.000000245. The van der Waals surface area contributed by atoms with Crippen LogP contribution in [0.4, 0.5) is 0 Å². The van der Waals surface area contributed by atoms with Gasteiger partial charge in [-0.1, -0.05) is 4.32 Å². The van der Waals surface area contributed by atoms with E-state index in [0.29, 0.717) is 4.32 Å². The Bertz CT molecular complexity index is 85.7. The summed E-state index contributed by atoms with van der Waals surface area (Å²) in [6.07, 6.45) is 0. The second kappa shape index (κ2) is 10.1. The van der Waals surface area contributed by atoms with Crippen molar-refractivity contribution < 1.29 is 29.6 Å². The van der Waals surface area contributed by atoms with Crippen molar-refractivity contribution in [1.82, 2.24) is 11.1 Å². The van der Waals surface area contributed by atoms with Gasteiger partial charge in [-0.15, -0.1) is 0 Å². The van der Waals surface area contributed by atoms with Gasteiger partial charge in [0.2, 0.25) is 0 Å². The van der Waals surface area contributed by atoms with Gasteiger partial charge >= 0.3 is 29.6 Å². The minimum Gasteiger partial charge on any atom is -0.411 e. The molecule has 0 atom stereocenters. The molecule has 0 aliphatic rings. The van der Waals surface area contributed by atoms with Crippen LogP contribution in [0.3, 0.4) is 0 Å². The molecule has 10 heavy (non-hydrogen) atoms. The van der Waals surface area contributed by atoms with Crippen LogP contribution >= 0.6 is 12.2 Å². The van der Waals surface area contributed by atoms with E-state index in [4.69, 9.17) is 24.8 Å². The normalized spacial score (nSPS) is 7.00. The van der Waals surface area contributed by atoms with E-state index in [0.717, 1.165) is 13.1 Å². The summed E-state index contributed by atoms with van der Waals surface area (Å²) in [5.74, 6) is 0. The fraction of sp³-hybridized carbons (Fsp3) is 0.800. The molecule has 0 aromatic carbocycles. The van der Waals surface area contributed by atoms with Crippen LogP contribution in [-0.2, 0) is 12.6 Å². The molecule has 2 nitrogen and oxygen atoms in total. The Morgan fingerprint density at radius 2 is 1.70 bits per heavy atom. The summed E-state index contributed by atoms with van der Waals surface area (Å²) in [4.78, 5) is 1.96. The molecule has 0 aromatic heterocycles. The van der Waals surface area contributed by atoms with Gasteiger partial charge in [-0.3, -0.25) is 0 Å². The molecular formula is C5H14N2NaS2+. The molecule has 0 aliphatic heterocycles. The van der Waals surface area contributed by atoms with Crippen LogP contribution < -0.4 is 35.7 Å². The van der Waals surface area contributed by atoms with Crippen LogP contribution in [0.2, 0.25) is 0 Å². The number of nitrogens with zero attached hydrogens (tertiary/aromatic N) is 1. The fourth-order valence-corrected chi connectivity index (χ4v) is 0.998. The molecule has 0 aromatic rings. The number of quaternary nitrogens is 1. The summed E-state index contributed by atoms with van der Waals surface area (Å²) < 4.78 is 0.579. The minimum absolute atomic E-state index is 0. The standard InChI is InChI=1S/C5H11NS2.H3N.Na/c1-3-6(4-2)5(7)8;;/h3-4H2,1-2H3,(H,7,8);1H3;/q;;+1. The van der Waals surface area contributed by atoms with Crippen molar-refractivity contribution in [2.45, 2.75) is 13.8 Å². The molecule has 4 N–H and O–H groups in total. The second-order valence-electron chi connectivity index (χ2n) is 1.44. The SMILES string of the molecule is CCN(CC)C(=S)[S-].[NH4+].[Na+]. The maximum atomic E-state index is 4.76. The number of rotatable bonds is 2. The Morgan fingerprint density at radius 3 is 1.70 bits per heavy atom. The molecule has 0 saturated heterocycles. The molecule has 0 unspecified atom stereocenters. The molecule has 0 aliphatic carbocycles. The Labute approximate surface area is 96.0 Å². The average molecular weight is 189 g/mol. The third-order valence-electron chi connectivity index (χ3n) is 1.02. The summed E-state index contributed by atoms with van der Waals surface area (Å²) in [5, 5.41) is 0.